The number of nitriles is 1. The molecule has 0 bridgehead atoms. The van der Waals surface area contributed by atoms with Gasteiger partial charge in [-0.3, -0.25) is 0 Å². The van der Waals surface area contributed by atoms with Gasteiger partial charge < -0.3 is 10.1 Å². The van der Waals surface area contributed by atoms with Gasteiger partial charge in [0.1, 0.15) is 0 Å². The maximum absolute atomic E-state index is 8.38. The minimum atomic E-state index is 0.424. The lowest BCUT2D eigenvalue weighted by atomic mass is 9.82. The summed E-state index contributed by atoms with van der Waals surface area (Å²) < 4.78 is 5.36. The first-order chi connectivity index (χ1) is 7.27. The number of hydrogen-bond donors (Lipinski definition) is 1. The van der Waals surface area contributed by atoms with Crippen LogP contribution in [0, 0.1) is 16.7 Å². The van der Waals surface area contributed by atoms with Crippen LogP contribution in [-0.4, -0.2) is 26.3 Å². The molecule has 1 saturated heterocycles. The van der Waals surface area contributed by atoms with Crippen LogP contribution in [0.4, 0.5) is 0 Å². The first kappa shape index (κ1) is 12.5. The molecule has 0 saturated carbocycles. The molecule has 1 N–H and O–H groups in total. The fraction of sp³-hybridized carbons (Fsp3) is 0.917. The van der Waals surface area contributed by atoms with E-state index in [-0.39, 0.29) is 0 Å². The molecule has 3 heteroatoms. The fourth-order valence-corrected chi connectivity index (χ4v) is 1.89. The second-order valence-corrected chi connectivity index (χ2v) is 4.72. The molecule has 1 aliphatic rings. The van der Waals surface area contributed by atoms with Crippen LogP contribution in [0.15, 0.2) is 0 Å². The molecule has 15 heavy (non-hydrogen) atoms. The van der Waals surface area contributed by atoms with Crippen molar-refractivity contribution < 1.29 is 4.74 Å². The standard InChI is InChI=1S/C12H22N2O/c1-12(5-9-15-10-6-12)11-14-8-4-2-3-7-13/h14H,2-6,8-11H2,1H3. The Hall–Kier alpha value is -0.590. The molecule has 1 rings (SSSR count). The first-order valence-electron chi connectivity index (χ1n) is 5.92. The molecule has 0 unspecified atom stereocenters. The van der Waals surface area contributed by atoms with E-state index in [0.717, 1.165) is 52.0 Å². The van der Waals surface area contributed by atoms with E-state index in [1.54, 1.807) is 0 Å². The average Bonchev–Trinajstić information content (AvgIpc) is 2.24. The highest BCUT2D eigenvalue weighted by Crippen LogP contribution is 2.28. The normalized spacial score (nSPS) is 19.7. The van der Waals surface area contributed by atoms with E-state index in [2.05, 4.69) is 18.3 Å². The highest BCUT2D eigenvalue weighted by molar-refractivity contribution is 4.79. The first-order valence-corrected chi connectivity index (χ1v) is 5.92. The van der Waals surface area contributed by atoms with Gasteiger partial charge in [0.25, 0.3) is 0 Å². The third-order valence-corrected chi connectivity index (χ3v) is 3.14. The molecule has 0 aromatic rings. The Kier molecular flexibility index (Phi) is 5.67. The monoisotopic (exact) mass is 210 g/mol. The molecule has 1 heterocycles. The Balaban J connectivity index is 2.01. The maximum atomic E-state index is 8.38. The molecule has 1 aliphatic heterocycles. The highest BCUT2D eigenvalue weighted by atomic mass is 16.5. The molecule has 0 spiro atoms. The van der Waals surface area contributed by atoms with E-state index in [1.807, 2.05) is 0 Å². The van der Waals surface area contributed by atoms with Gasteiger partial charge in [0, 0.05) is 26.2 Å². The zero-order valence-electron chi connectivity index (χ0n) is 9.72. The number of unbranched alkanes of at least 4 members (excludes halogenated alkanes) is 2. The van der Waals surface area contributed by atoms with Crippen molar-refractivity contribution in [3.63, 3.8) is 0 Å². The van der Waals surface area contributed by atoms with Crippen LogP contribution < -0.4 is 5.32 Å². The van der Waals surface area contributed by atoms with Gasteiger partial charge in [-0.25, -0.2) is 0 Å². The average molecular weight is 210 g/mol. The third kappa shape index (κ3) is 5.15. The largest absolute Gasteiger partial charge is 0.381 e. The Morgan fingerprint density at radius 1 is 1.33 bits per heavy atom. The highest BCUT2D eigenvalue weighted by Gasteiger charge is 2.26. The van der Waals surface area contributed by atoms with Crippen LogP contribution >= 0.6 is 0 Å². The Bertz CT molecular complexity index is 204. The zero-order chi connectivity index (χ0) is 11.0. The van der Waals surface area contributed by atoms with Gasteiger partial charge in [-0.15, -0.1) is 0 Å². The molecular formula is C12H22N2O. The van der Waals surface area contributed by atoms with E-state index in [0.29, 0.717) is 11.8 Å². The second-order valence-electron chi connectivity index (χ2n) is 4.72. The van der Waals surface area contributed by atoms with Crippen LogP contribution in [0.25, 0.3) is 0 Å². The SMILES string of the molecule is CC1(CNCCCCC#N)CCOCC1. The third-order valence-electron chi connectivity index (χ3n) is 3.14. The van der Waals surface area contributed by atoms with Crippen molar-refractivity contribution in [1.82, 2.24) is 5.32 Å². The van der Waals surface area contributed by atoms with Gasteiger partial charge in [0.2, 0.25) is 0 Å². The smallest absolute Gasteiger partial charge is 0.0621 e. The Labute approximate surface area is 92.8 Å². The van der Waals surface area contributed by atoms with Crippen molar-refractivity contribution in [3.8, 4) is 6.07 Å². The van der Waals surface area contributed by atoms with Gasteiger partial charge in [0.15, 0.2) is 0 Å². The van der Waals surface area contributed by atoms with Crippen molar-refractivity contribution in [2.24, 2.45) is 5.41 Å². The van der Waals surface area contributed by atoms with Gasteiger partial charge >= 0.3 is 0 Å². The summed E-state index contributed by atoms with van der Waals surface area (Å²) in [6, 6.07) is 2.17. The maximum Gasteiger partial charge on any atom is 0.0621 e. The van der Waals surface area contributed by atoms with E-state index < -0.39 is 0 Å². The summed E-state index contributed by atoms with van der Waals surface area (Å²) in [5.41, 5.74) is 0.424. The molecule has 86 valence electrons. The Morgan fingerprint density at radius 3 is 2.73 bits per heavy atom. The van der Waals surface area contributed by atoms with E-state index in [4.69, 9.17) is 10.00 Å². The van der Waals surface area contributed by atoms with Crippen molar-refractivity contribution >= 4 is 0 Å². The van der Waals surface area contributed by atoms with Gasteiger partial charge in [0.05, 0.1) is 6.07 Å². The lowest BCUT2D eigenvalue weighted by Gasteiger charge is -2.33. The van der Waals surface area contributed by atoms with Crippen LogP contribution in [0.2, 0.25) is 0 Å². The minimum absolute atomic E-state index is 0.424. The molecule has 1 fully saturated rings. The summed E-state index contributed by atoms with van der Waals surface area (Å²) in [5.74, 6) is 0. The van der Waals surface area contributed by atoms with E-state index >= 15 is 0 Å². The van der Waals surface area contributed by atoms with Crippen LogP contribution in [0.5, 0.6) is 0 Å². The van der Waals surface area contributed by atoms with Crippen LogP contribution in [0.1, 0.15) is 39.0 Å². The lowest BCUT2D eigenvalue weighted by Crippen LogP contribution is -2.37. The summed E-state index contributed by atoms with van der Waals surface area (Å²) in [6.07, 6.45) is 5.15. The lowest BCUT2D eigenvalue weighted by molar-refractivity contribution is 0.0242. The summed E-state index contributed by atoms with van der Waals surface area (Å²) in [5, 5.41) is 11.9. The summed E-state index contributed by atoms with van der Waals surface area (Å²) in [4.78, 5) is 0. The van der Waals surface area contributed by atoms with Gasteiger partial charge in [-0.2, -0.15) is 5.26 Å². The molecule has 0 amide bonds. The fourth-order valence-electron chi connectivity index (χ4n) is 1.89. The van der Waals surface area contributed by atoms with Crippen LogP contribution in [-0.2, 0) is 4.74 Å². The van der Waals surface area contributed by atoms with Crippen molar-refractivity contribution in [3.05, 3.63) is 0 Å². The number of nitrogens with one attached hydrogen (secondary N) is 1. The minimum Gasteiger partial charge on any atom is -0.381 e. The molecule has 0 aliphatic carbocycles. The number of hydrogen-bond acceptors (Lipinski definition) is 3. The molecule has 0 atom stereocenters. The van der Waals surface area contributed by atoms with E-state index in [9.17, 15) is 0 Å². The number of nitrogens with zero attached hydrogens (tertiary/aromatic N) is 1. The molecule has 0 aromatic heterocycles. The molecule has 0 radical (unpaired) electrons. The molecular weight excluding hydrogens is 188 g/mol. The van der Waals surface area contributed by atoms with Crippen LogP contribution in [0.3, 0.4) is 0 Å². The van der Waals surface area contributed by atoms with Crippen molar-refractivity contribution in [1.29, 1.82) is 5.26 Å². The van der Waals surface area contributed by atoms with Gasteiger partial charge in [-0.1, -0.05) is 6.92 Å². The second kappa shape index (κ2) is 6.81. The summed E-state index contributed by atoms with van der Waals surface area (Å²) in [6.45, 7) is 6.28. The van der Waals surface area contributed by atoms with Crippen molar-refractivity contribution in [2.45, 2.75) is 39.0 Å². The summed E-state index contributed by atoms with van der Waals surface area (Å²) in [7, 11) is 0. The molecule has 0 aromatic carbocycles. The predicted molar refractivity (Wildman–Crippen MR) is 60.5 cm³/mol. The summed E-state index contributed by atoms with van der Waals surface area (Å²) >= 11 is 0. The quantitative estimate of drug-likeness (QED) is 0.683. The molecule has 3 nitrogen and oxygen atoms in total. The number of ether oxygens (including phenoxy) is 1. The Morgan fingerprint density at radius 2 is 2.07 bits per heavy atom. The van der Waals surface area contributed by atoms with Gasteiger partial charge in [-0.05, 0) is 37.6 Å². The predicted octanol–water partition coefficient (Wildman–Crippen LogP) is 2.09. The topological polar surface area (TPSA) is 45.0 Å². The zero-order valence-corrected chi connectivity index (χ0v) is 9.72. The van der Waals surface area contributed by atoms with E-state index in [1.165, 1.54) is 0 Å². The number of rotatable bonds is 6. The van der Waals surface area contributed by atoms with Crippen molar-refractivity contribution in [2.75, 3.05) is 26.3 Å².